The summed E-state index contributed by atoms with van der Waals surface area (Å²) in [5.74, 6) is 0.417. The molecule has 166 valence electrons. The molecule has 2 aromatic heterocycles. The number of aromatic nitrogens is 3. The van der Waals surface area contributed by atoms with E-state index in [9.17, 15) is 9.59 Å². The second-order valence-corrected chi connectivity index (χ2v) is 8.66. The zero-order chi connectivity index (χ0) is 22.7. The SMILES string of the molecule is C=CCn1c(=O)c(N2CCC(NC(=O)Nc3ccc(Br)c(C)c3)CC2)nc2cccnc21. The summed E-state index contributed by atoms with van der Waals surface area (Å²) in [5, 5.41) is 5.92. The van der Waals surface area contributed by atoms with E-state index in [2.05, 4.69) is 43.1 Å². The first-order chi connectivity index (χ1) is 15.5. The van der Waals surface area contributed by atoms with E-state index in [4.69, 9.17) is 0 Å². The van der Waals surface area contributed by atoms with E-state index < -0.39 is 0 Å². The minimum absolute atomic E-state index is 0.0281. The van der Waals surface area contributed by atoms with Crippen LogP contribution in [-0.4, -0.2) is 39.7 Å². The third-order valence-corrected chi connectivity index (χ3v) is 6.43. The van der Waals surface area contributed by atoms with Gasteiger partial charge in [0.25, 0.3) is 5.56 Å². The van der Waals surface area contributed by atoms with Gasteiger partial charge in [0, 0.05) is 42.0 Å². The first-order valence-electron chi connectivity index (χ1n) is 10.5. The predicted molar refractivity (Wildman–Crippen MR) is 130 cm³/mol. The maximum atomic E-state index is 13.1. The number of hydrogen-bond donors (Lipinski definition) is 2. The minimum atomic E-state index is -0.228. The van der Waals surface area contributed by atoms with Gasteiger partial charge in [-0.2, -0.15) is 0 Å². The number of urea groups is 1. The van der Waals surface area contributed by atoms with Crippen LogP contribution in [-0.2, 0) is 6.54 Å². The lowest BCUT2D eigenvalue weighted by Gasteiger charge is -2.33. The molecule has 0 spiro atoms. The maximum absolute atomic E-state index is 13.1. The van der Waals surface area contributed by atoms with Crippen molar-refractivity contribution in [3.8, 4) is 0 Å². The van der Waals surface area contributed by atoms with Gasteiger partial charge in [-0.25, -0.2) is 14.8 Å². The van der Waals surface area contributed by atoms with Crippen molar-refractivity contribution in [2.24, 2.45) is 0 Å². The van der Waals surface area contributed by atoms with E-state index in [-0.39, 0.29) is 17.6 Å². The summed E-state index contributed by atoms with van der Waals surface area (Å²) in [4.78, 5) is 36.4. The lowest BCUT2D eigenvalue weighted by molar-refractivity contribution is 0.246. The maximum Gasteiger partial charge on any atom is 0.319 e. The normalized spacial score (nSPS) is 14.4. The van der Waals surface area contributed by atoms with Crippen LogP contribution in [0.5, 0.6) is 0 Å². The molecule has 0 radical (unpaired) electrons. The van der Waals surface area contributed by atoms with Gasteiger partial charge < -0.3 is 15.5 Å². The third-order valence-electron chi connectivity index (χ3n) is 5.54. The Morgan fingerprint density at radius 3 is 2.81 bits per heavy atom. The van der Waals surface area contributed by atoms with Crippen molar-refractivity contribution in [3.63, 3.8) is 0 Å². The van der Waals surface area contributed by atoms with Crippen LogP contribution in [0.2, 0.25) is 0 Å². The fourth-order valence-electron chi connectivity index (χ4n) is 3.88. The van der Waals surface area contributed by atoms with Gasteiger partial charge in [-0.05, 0) is 55.7 Å². The molecular weight excluding hydrogens is 472 g/mol. The molecule has 0 aliphatic carbocycles. The molecule has 1 fully saturated rings. The van der Waals surface area contributed by atoms with Crippen LogP contribution in [0.1, 0.15) is 18.4 Å². The van der Waals surface area contributed by atoms with Gasteiger partial charge >= 0.3 is 6.03 Å². The van der Waals surface area contributed by atoms with Gasteiger partial charge in [0.1, 0.15) is 5.52 Å². The standard InChI is InChI=1S/C23H25BrN6O2/c1-3-11-30-20-19(5-4-10-25-20)28-21(22(30)31)29-12-8-16(9-13-29)26-23(32)27-17-6-7-18(24)15(2)14-17/h3-7,10,14,16H,1,8-9,11-13H2,2H3,(H2,26,27,32). The van der Waals surface area contributed by atoms with Crippen LogP contribution in [0.4, 0.5) is 16.3 Å². The number of nitrogens with one attached hydrogen (secondary N) is 2. The molecule has 1 aliphatic rings. The van der Waals surface area contributed by atoms with Gasteiger partial charge in [0.15, 0.2) is 11.5 Å². The average molecular weight is 497 g/mol. The fraction of sp³-hybridized carbons (Fsp3) is 0.304. The fourth-order valence-corrected chi connectivity index (χ4v) is 4.12. The molecule has 1 aromatic carbocycles. The van der Waals surface area contributed by atoms with Crippen molar-refractivity contribution in [1.29, 1.82) is 0 Å². The quantitative estimate of drug-likeness (QED) is 0.523. The smallest absolute Gasteiger partial charge is 0.319 e. The molecule has 4 rings (SSSR count). The number of halogens is 1. The summed E-state index contributed by atoms with van der Waals surface area (Å²) in [5.41, 5.74) is 2.85. The third kappa shape index (κ3) is 4.67. The molecule has 0 atom stereocenters. The van der Waals surface area contributed by atoms with E-state index in [0.717, 1.165) is 28.6 Å². The highest BCUT2D eigenvalue weighted by molar-refractivity contribution is 9.10. The number of rotatable bonds is 5. The Balaban J connectivity index is 1.42. The highest BCUT2D eigenvalue weighted by Crippen LogP contribution is 2.21. The number of amides is 2. The van der Waals surface area contributed by atoms with E-state index in [1.54, 1.807) is 16.8 Å². The Labute approximate surface area is 194 Å². The van der Waals surface area contributed by atoms with Gasteiger partial charge in [0.2, 0.25) is 0 Å². The number of carbonyl (C=O) groups excluding carboxylic acids is 1. The topological polar surface area (TPSA) is 92.2 Å². The number of benzene rings is 1. The van der Waals surface area contributed by atoms with Gasteiger partial charge in [-0.15, -0.1) is 6.58 Å². The van der Waals surface area contributed by atoms with Crippen molar-refractivity contribution >= 4 is 44.6 Å². The van der Waals surface area contributed by atoms with Gasteiger partial charge in [0.05, 0.1) is 0 Å². The molecule has 0 unspecified atom stereocenters. The molecule has 9 heteroatoms. The Hall–Kier alpha value is -3.20. The van der Waals surface area contributed by atoms with Crippen molar-refractivity contribution in [2.75, 3.05) is 23.3 Å². The van der Waals surface area contributed by atoms with Gasteiger partial charge in [-0.3, -0.25) is 9.36 Å². The van der Waals surface area contributed by atoms with Crippen LogP contribution in [0, 0.1) is 6.92 Å². The summed E-state index contributed by atoms with van der Waals surface area (Å²) in [6.45, 7) is 7.36. The van der Waals surface area contributed by atoms with E-state index in [0.29, 0.717) is 36.6 Å². The highest BCUT2D eigenvalue weighted by Gasteiger charge is 2.24. The Morgan fingerprint density at radius 2 is 2.09 bits per heavy atom. The van der Waals surface area contributed by atoms with Gasteiger partial charge in [-0.1, -0.05) is 22.0 Å². The van der Waals surface area contributed by atoms with Crippen LogP contribution in [0.25, 0.3) is 11.2 Å². The summed E-state index contributed by atoms with van der Waals surface area (Å²) < 4.78 is 2.60. The number of piperidine rings is 1. The first kappa shape index (κ1) is 22.0. The summed E-state index contributed by atoms with van der Waals surface area (Å²) >= 11 is 3.46. The van der Waals surface area contributed by atoms with Crippen LogP contribution in [0.15, 0.2) is 58.5 Å². The number of fused-ring (bicyclic) bond motifs is 1. The highest BCUT2D eigenvalue weighted by atomic mass is 79.9. The van der Waals surface area contributed by atoms with E-state index in [1.165, 1.54) is 0 Å². The predicted octanol–water partition coefficient (Wildman–Crippen LogP) is 3.84. The minimum Gasteiger partial charge on any atom is -0.352 e. The zero-order valence-electron chi connectivity index (χ0n) is 17.8. The Morgan fingerprint density at radius 1 is 1.31 bits per heavy atom. The van der Waals surface area contributed by atoms with Crippen molar-refractivity contribution in [3.05, 3.63) is 69.6 Å². The second kappa shape index (κ2) is 9.52. The molecule has 0 saturated carbocycles. The molecular formula is C23H25BrN6O2. The first-order valence-corrected chi connectivity index (χ1v) is 11.3. The molecule has 8 nitrogen and oxygen atoms in total. The molecule has 3 heterocycles. The van der Waals surface area contributed by atoms with E-state index >= 15 is 0 Å². The number of aryl methyl sites for hydroxylation is 1. The van der Waals surface area contributed by atoms with Crippen LogP contribution < -0.4 is 21.1 Å². The lowest BCUT2D eigenvalue weighted by atomic mass is 10.1. The van der Waals surface area contributed by atoms with Crippen molar-refractivity contribution < 1.29 is 4.79 Å². The summed E-state index contributed by atoms with van der Waals surface area (Å²) in [6.07, 6.45) is 4.78. The molecule has 32 heavy (non-hydrogen) atoms. The molecule has 3 aromatic rings. The molecule has 2 N–H and O–H groups in total. The molecule has 1 saturated heterocycles. The molecule has 1 aliphatic heterocycles. The number of carbonyl (C=O) groups is 1. The number of anilines is 2. The summed E-state index contributed by atoms with van der Waals surface area (Å²) in [6, 6.07) is 9.15. The lowest BCUT2D eigenvalue weighted by Crippen LogP contribution is -2.47. The van der Waals surface area contributed by atoms with Crippen molar-refractivity contribution in [2.45, 2.75) is 32.4 Å². The monoisotopic (exact) mass is 496 g/mol. The number of nitrogens with zero attached hydrogens (tertiary/aromatic N) is 4. The molecule has 0 bridgehead atoms. The van der Waals surface area contributed by atoms with Crippen molar-refractivity contribution in [1.82, 2.24) is 19.9 Å². The summed E-state index contributed by atoms with van der Waals surface area (Å²) in [7, 11) is 0. The van der Waals surface area contributed by atoms with Crippen LogP contribution >= 0.6 is 15.9 Å². The van der Waals surface area contributed by atoms with Crippen LogP contribution in [0.3, 0.4) is 0 Å². The Bertz CT molecular complexity index is 1220. The number of hydrogen-bond acceptors (Lipinski definition) is 5. The Kier molecular flexibility index (Phi) is 6.55. The second-order valence-electron chi connectivity index (χ2n) is 7.81. The van der Waals surface area contributed by atoms with E-state index in [1.807, 2.05) is 42.2 Å². The molecule has 2 amide bonds. The number of pyridine rings is 1. The largest absolute Gasteiger partial charge is 0.352 e. The number of allylic oxidation sites excluding steroid dienone is 1. The average Bonchev–Trinajstić information content (AvgIpc) is 2.79. The zero-order valence-corrected chi connectivity index (χ0v) is 19.4.